The standard InChI is InChI=1S/C12H20ClN2O2PS/c1-3-16-18(19,17-4-2)14-15(11-10-13)12-8-6-5-7-9-12/h5-9H,3-4,10-11H2,1-2H3,(H,14,19). The van der Waals surface area contributed by atoms with Crippen LogP contribution in [0.25, 0.3) is 0 Å². The van der Waals surface area contributed by atoms with E-state index in [4.69, 9.17) is 32.5 Å². The van der Waals surface area contributed by atoms with Crippen LogP contribution in [0.3, 0.4) is 0 Å². The van der Waals surface area contributed by atoms with Crippen LogP contribution in [-0.4, -0.2) is 25.6 Å². The van der Waals surface area contributed by atoms with Crippen LogP contribution in [0.1, 0.15) is 13.8 Å². The van der Waals surface area contributed by atoms with Gasteiger partial charge in [0.05, 0.1) is 18.9 Å². The molecule has 0 heterocycles. The molecule has 0 fully saturated rings. The molecule has 4 nitrogen and oxygen atoms in total. The molecule has 0 aliphatic rings. The molecule has 0 aromatic heterocycles. The smallest absolute Gasteiger partial charge is 0.279 e. The first-order valence-corrected chi connectivity index (χ1v) is 9.38. The van der Waals surface area contributed by atoms with Crippen molar-refractivity contribution < 1.29 is 9.05 Å². The average Bonchev–Trinajstić information content (AvgIpc) is 2.40. The van der Waals surface area contributed by atoms with E-state index in [0.717, 1.165) is 5.69 Å². The molecule has 0 atom stereocenters. The molecule has 0 unspecified atom stereocenters. The lowest BCUT2D eigenvalue weighted by Gasteiger charge is -2.31. The third-order valence-electron chi connectivity index (χ3n) is 2.22. The predicted octanol–water partition coefficient (Wildman–Crippen LogP) is 3.53. The van der Waals surface area contributed by atoms with Crippen LogP contribution in [0.5, 0.6) is 0 Å². The lowest BCUT2D eigenvalue weighted by atomic mass is 10.3. The number of nitrogens with one attached hydrogen (secondary N) is 1. The largest absolute Gasteiger partial charge is 0.317 e. The van der Waals surface area contributed by atoms with Crippen molar-refractivity contribution >= 4 is 35.7 Å². The van der Waals surface area contributed by atoms with Crippen molar-refractivity contribution in [2.45, 2.75) is 13.8 Å². The van der Waals surface area contributed by atoms with E-state index in [1.54, 1.807) is 0 Å². The Morgan fingerprint density at radius 3 is 2.26 bits per heavy atom. The quantitative estimate of drug-likeness (QED) is 0.427. The number of hydrazine groups is 1. The van der Waals surface area contributed by atoms with E-state index in [9.17, 15) is 0 Å². The second-order valence-electron chi connectivity index (χ2n) is 3.61. The van der Waals surface area contributed by atoms with Gasteiger partial charge in [0.2, 0.25) is 0 Å². The van der Waals surface area contributed by atoms with Gasteiger partial charge in [0.1, 0.15) is 0 Å². The molecular formula is C12H20ClN2O2PS. The van der Waals surface area contributed by atoms with E-state index in [1.807, 2.05) is 49.2 Å². The second kappa shape index (κ2) is 8.90. The van der Waals surface area contributed by atoms with Crippen LogP contribution in [0, 0.1) is 0 Å². The van der Waals surface area contributed by atoms with Crippen LogP contribution in [0.15, 0.2) is 30.3 Å². The van der Waals surface area contributed by atoms with Crippen LogP contribution < -0.4 is 10.2 Å². The Hall–Kier alpha value is -0.160. The molecule has 0 spiro atoms. The molecule has 0 aliphatic carbocycles. The van der Waals surface area contributed by atoms with E-state index < -0.39 is 6.64 Å². The zero-order valence-corrected chi connectivity index (χ0v) is 13.7. The van der Waals surface area contributed by atoms with Crippen LogP contribution in [0.2, 0.25) is 0 Å². The first kappa shape index (κ1) is 16.9. The van der Waals surface area contributed by atoms with Crippen LogP contribution in [-0.2, 0) is 20.9 Å². The SMILES string of the molecule is CCOP(=S)(NN(CCCl)c1ccccc1)OCC. The third-order valence-corrected chi connectivity index (χ3v) is 4.95. The van der Waals surface area contributed by atoms with Gasteiger partial charge in [-0.2, -0.15) is 5.20 Å². The summed E-state index contributed by atoms with van der Waals surface area (Å²) in [4.78, 5) is 0. The zero-order chi connectivity index (χ0) is 14.1. The highest BCUT2D eigenvalue weighted by Gasteiger charge is 2.21. The monoisotopic (exact) mass is 322 g/mol. The molecule has 0 radical (unpaired) electrons. The predicted molar refractivity (Wildman–Crippen MR) is 85.2 cm³/mol. The van der Waals surface area contributed by atoms with Crippen molar-refractivity contribution in [3.8, 4) is 0 Å². The minimum atomic E-state index is -2.52. The molecule has 108 valence electrons. The summed E-state index contributed by atoms with van der Waals surface area (Å²) in [5.74, 6) is 0.482. The summed E-state index contributed by atoms with van der Waals surface area (Å²) in [6.07, 6.45) is 0. The molecule has 19 heavy (non-hydrogen) atoms. The van der Waals surface area contributed by atoms with Crippen molar-refractivity contribution in [2.75, 3.05) is 30.6 Å². The molecular weight excluding hydrogens is 303 g/mol. The molecule has 0 aliphatic heterocycles. The molecule has 0 bridgehead atoms. The lowest BCUT2D eigenvalue weighted by Crippen LogP contribution is -2.38. The fourth-order valence-corrected chi connectivity index (χ4v) is 3.99. The number of para-hydroxylation sites is 1. The Bertz CT molecular complexity index is 398. The van der Waals surface area contributed by atoms with Crippen molar-refractivity contribution in [3.63, 3.8) is 0 Å². The maximum atomic E-state index is 5.84. The molecule has 7 heteroatoms. The summed E-state index contributed by atoms with van der Waals surface area (Å²) in [5.41, 5.74) is 0.983. The van der Waals surface area contributed by atoms with Gasteiger partial charge in [-0.15, -0.1) is 11.6 Å². The first-order chi connectivity index (χ1) is 9.15. The summed E-state index contributed by atoms with van der Waals surface area (Å²) in [6, 6.07) is 9.85. The van der Waals surface area contributed by atoms with Gasteiger partial charge in [0.15, 0.2) is 0 Å². The van der Waals surface area contributed by atoms with Gasteiger partial charge in [-0.05, 0) is 37.8 Å². The molecule has 1 rings (SSSR count). The number of nitrogens with zero attached hydrogens (tertiary/aromatic N) is 1. The number of hydrogen-bond donors (Lipinski definition) is 1. The average molecular weight is 323 g/mol. The Morgan fingerprint density at radius 1 is 1.21 bits per heavy atom. The van der Waals surface area contributed by atoms with Crippen molar-refractivity contribution in [3.05, 3.63) is 30.3 Å². The summed E-state index contributed by atoms with van der Waals surface area (Å²) in [5, 5.41) is 5.07. The molecule has 1 N–H and O–H groups in total. The van der Waals surface area contributed by atoms with Gasteiger partial charge < -0.3 is 9.05 Å². The summed E-state index contributed by atoms with van der Waals surface area (Å²) in [6.45, 7) is 2.91. The second-order valence-corrected chi connectivity index (χ2v) is 7.14. The van der Waals surface area contributed by atoms with Gasteiger partial charge >= 0.3 is 0 Å². The lowest BCUT2D eigenvalue weighted by molar-refractivity contribution is 0.257. The highest BCUT2D eigenvalue weighted by molar-refractivity contribution is 8.09. The molecule has 0 saturated heterocycles. The van der Waals surface area contributed by atoms with Crippen LogP contribution >= 0.6 is 18.2 Å². The van der Waals surface area contributed by atoms with E-state index in [1.165, 1.54) is 0 Å². The number of anilines is 1. The number of rotatable bonds is 9. The minimum absolute atomic E-state index is 0.482. The normalized spacial score (nSPS) is 11.5. The topological polar surface area (TPSA) is 33.7 Å². The Kier molecular flexibility index (Phi) is 7.91. The summed E-state index contributed by atoms with van der Waals surface area (Å²) >= 11 is 11.3. The Morgan fingerprint density at radius 2 is 1.79 bits per heavy atom. The van der Waals surface area contributed by atoms with Crippen molar-refractivity contribution in [2.24, 2.45) is 0 Å². The molecule has 1 aromatic carbocycles. The number of halogens is 1. The van der Waals surface area contributed by atoms with Gasteiger partial charge in [0, 0.05) is 12.4 Å². The Balaban J connectivity index is 2.84. The highest BCUT2D eigenvalue weighted by atomic mass is 35.5. The van der Waals surface area contributed by atoms with E-state index in [0.29, 0.717) is 25.6 Å². The van der Waals surface area contributed by atoms with Gasteiger partial charge in [-0.3, -0.25) is 5.01 Å². The summed E-state index contributed by atoms with van der Waals surface area (Å²) < 4.78 is 11.2. The number of alkyl halides is 1. The number of hydrogen-bond acceptors (Lipinski definition) is 4. The molecule has 1 aromatic rings. The van der Waals surface area contributed by atoms with E-state index in [2.05, 4.69) is 5.20 Å². The van der Waals surface area contributed by atoms with Crippen LogP contribution in [0.4, 0.5) is 5.69 Å². The molecule has 0 saturated carbocycles. The van der Waals surface area contributed by atoms with Gasteiger partial charge in [-0.1, -0.05) is 18.2 Å². The highest BCUT2D eigenvalue weighted by Crippen LogP contribution is 2.44. The third kappa shape index (κ3) is 5.78. The van der Waals surface area contributed by atoms with Crippen molar-refractivity contribution in [1.29, 1.82) is 0 Å². The van der Waals surface area contributed by atoms with Gasteiger partial charge in [0.25, 0.3) is 6.64 Å². The fraction of sp³-hybridized carbons (Fsp3) is 0.500. The van der Waals surface area contributed by atoms with Crippen molar-refractivity contribution in [1.82, 2.24) is 5.20 Å². The minimum Gasteiger partial charge on any atom is -0.317 e. The van der Waals surface area contributed by atoms with E-state index in [-0.39, 0.29) is 0 Å². The Labute approximate surface area is 125 Å². The first-order valence-electron chi connectivity index (χ1n) is 6.20. The molecule has 0 amide bonds. The number of benzene rings is 1. The maximum Gasteiger partial charge on any atom is 0.279 e. The summed E-state index contributed by atoms with van der Waals surface area (Å²) in [7, 11) is 0. The van der Waals surface area contributed by atoms with Gasteiger partial charge in [-0.25, -0.2) is 0 Å². The zero-order valence-electron chi connectivity index (χ0n) is 11.2. The maximum absolute atomic E-state index is 5.84. The fourth-order valence-electron chi connectivity index (χ4n) is 1.51. The van der Waals surface area contributed by atoms with E-state index >= 15 is 0 Å².